The van der Waals surface area contributed by atoms with Crippen LogP contribution in [0.3, 0.4) is 0 Å². The Morgan fingerprint density at radius 1 is 1.29 bits per heavy atom. The summed E-state index contributed by atoms with van der Waals surface area (Å²) in [6.07, 6.45) is 4.96. The zero-order valence-corrected chi connectivity index (χ0v) is 15.9. The zero-order valence-electron chi connectivity index (χ0n) is 15.2. The predicted molar refractivity (Wildman–Crippen MR) is 103 cm³/mol. The van der Waals surface area contributed by atoms with Gasteiger partial charge in [0.2, 0.25) is 0 Å². The van der Waals surface area contributed by atoms with Gasteiger partial charge in [0.25, 0.3) is 5.91 Å². The number of ether oxygens (including phenoxy) is 1. The van der Waals surface area contributed by atoms with E-state index >= 15 is 0 Å². The molecule has 4 rings (SSSR count). The molecule has 28 heavy (non-hydrogen) atoms. The van der Waals surface area contributed by atoms with Crippen molar-refractivity contribution in [2.45, 2.75) is 19.9 Å². The topological polar surface area (TPSA) is 85.3 Å². The molecule has 3 aromatic rings. The van der Waals surface area contributed by atoms with Gasteiger partial charge in [0, 0.05) is 53.6 Å². The quantitative estimate of drug-likeness (QED) is 0.632. The van der Waals surface area contributed by atoms with Gasteiger partial charge in [0.05, 0.1) is 23.9 Å². The Morgan fingerprint density at radius 3 is 2.89 bits per heavy atom. The van der Waals surface area contributed by atoms with E-state index < -0.39 is 5.97 Å². The van der Waals surface area contributed by atoms with Crippen LogP contribution in [0.25, 0.3) is 10.9 Å². The molecule has 0 aliphatic carbocycles. The summed E-state index contributed by atoms with van der Waals surface area (Å²) in [7, 11) is 0. The van der Waals surface area contributed by atoms with Crippen molar-refractivity contribution in [3.8, 4) is 0 Å². The third-order valence-electron chi connectivity index (χ3n) is 4.65. The van der Waals surface area contributed by atoms with Crippen LogP contribution in [0.5, 0.6) is 0 Å². The maximum Gasteiger partial charge on any atom is 0.339 e. The Balaban J connectivity index is 1.81. The van der Waals surface area contributed by atoms with Gasteiger partial charge in [-0.05, 0) is 25.1 Å². The summed E-state index contributed by atoms with van der Waals surface area (Å²) < 4.78 is 5.29. The van der Waals surface area contributed by atoms with Crippen LogP contribution >= 0.6 is 11.6 Å². The van der Waals surface area contributed by atoms with Crippen molar-refractivity contribution < 1.29 is 14.3 Å². The van der Waals surface area contributed by atoms with E-state index in [4.69, 9.17) is 21.3 Å². The fraction of sp³-hybridized carbons (Fsp3) is 0.250. The number of halogens is 1. The summed E-state index contributed by atoms with van der Waals surface area (Å²) in [5.41, 5.74) is 2.85. The molecule has 1 aliphatic heterocycles. The summed E-state index contributed by atoms with van der Waals surface area (Å²) in [4.78, 5) is 39.9. The first-order valence-electron chi connectivity index (χ1n) is 8.92. The molecule has 3 heterocycles. The van der Waals surface area contributed by atoms with Crippen LogP contribution in [0.1, 0.15) is 39.0 Å². The monoisotopic (exact) mass is 396 g/mol. The number of aromatic nitrogens is 3. The van der Waals surface area contributed by atoms with E-state index in [-0.39, 0.29) is 24.8 Å². The second-order valence-electron chi connectivity index (χ2n) is 6.36. The van der Waals surface area contributed by atoms with E-state index in [1.807, 2.05) is 0 Å². The molecule has 1 amide bonds. The van der Waals surface area contributed by atoms with Crippen LogP contribution in [-0.4, -0.2) is 44.9 Å². The van der Waals surface area contributed by atoms with Crippen LogP contribution in [0.15, 0.2) is 36.8 Å². The molecule has 0 saturated carbocycles. The molecule has 1 aliphatic rings. The van der Waals surface area contributed by atoms with Crippen molar-refractivity contribution in [1.82, 2.24) is 19.9 Å². The Morgan fingerprint density at radius 2 is 2.14 bits per heavy atom. The average Bonchev–Trinajstić information content (AvgIpc) is 2.72. The molecule has 8 heteroatoms. The third-order valence-corrected chi connectivity index (χ3v) is 4.89. The predicted octanol–water partition coefficient (Wildman–Crippen LogP) is 3.05. The molecular weight excluding hydrogens is 380 g/mol. The highest BCUT2D eigenvalue weighted by Crippen LogP contribution is 2.31. The van der Waals surface area contributed by atoms with E-state index in [1.54, 1.807) is 30.0 Å². The average molecular weight is 397 g/mol. The molecule has 142 valence electrons. The van der Waals surface area contributed by atoms with E-state index in [9.17, 15) is 9.59 Å². The van der Waals surface area contributed by atoms with Gasteiger partial charge >= 0.3 is 5.97 Å². The number of carbonyl (C=O) groups excluding carboxylic acids is 2. The lowest BCUT2D eigenvalue weighted by Gasteiger charge is -2.29. The van der Waals surface area contributed by atoms with Gasteiger partial charge in [0.15, 0.2) is 0 Å². The fourth-order valence-corrected chi connectivity index (χ4v) is 3.57. The normalized spacial score (nSPS) is 13.3. The number of carbonyl (C=O) groups is 2. The lowest BCUT2D eigenvalue weighted by Crippen LogP contribution is -2.37. The number of benzene rings is 1. The molecule has 0 atom stereocenters. The molecule has 1 aromatic carbocycles. The Bertz CT molecular complexity index is 1070. The Hall–Kier alpha value is -3.06. The molecule has 0 unspecified atom stereocenters. The van der Waals surface area contributed by atoms with Crippen molar-refractivity contribution in [2.24, 2.45) is 0 Å². The summed E-state index contributed by atoms with van der Waals surface area (Å²) in [5.74, 6) is -0.679. The summed E-state index contributed by atoms with van der Waals surface area (Å²) in [6.45, 7) is 2.73. The van der Waals surface area contributed by atoms with Gasteiger partial charge in [-0.1, -0.05) is 11.6 Å². The maximum atomic E-state index is 12.8. The van der Waals surface area contributed by atoms with Crippen LogP contribution in [-0.2, 0) is 17.7 Å². The second-order valence-corrected chi connectivity index (χ2v) is 6.80. The van der Waals surface area contributed by atoms with Gasteiger partial charge in [-0.15, -0.1) is 0 Å². The molecular formula is C20H17ClN4O3. The molecule has 0 N–H and O–H groups in total. The summed E-state index contributed by atoms with van der Waals surface area (Å²) in [6, 6.07) is 5.24. The first-order valence-corrected chi connectivity index (χ1v) is 9.29. The first-order chi connectivity index (χ1) is 13.6. The molecule has 0 bridgehead atoms. The van der Waals surface area contributed by atoms with E-state index in [0.717, 1.165) is 5.69 Å². The number of hydrogen-bond acceptors (Lipinski definition) is 6. The minimum atomic E-state index is -0.442. The molecule has 0 spiro atoms. The minimum absolute atomic E-state index is 0.236. The van der Waals surface area contributed by atoms with Crippen molar-refractivity contribution in [2.75, 3.05) is 13.2 Å². The third kappa shape index (κ3) is 3.29. The highest BCUT2D eigenvalue weighted by Gasteiger charge is 2.29. The Labute approximate surface area is 166 Å². The van der Waals surface area contributed by atoms with Crippen molar-refractivity contribution in [3.63, 3.8) is 0 Å². The van der Waals surface area contributed by atoms with Crippen LogP contribution in [0.2, 0.25) is 5.02 Å². The number of nitrogens with zero attached hydrogens (tertiary/aromatic N) is 4. The lowest BCUT2D eigenvalue weighted by atomic mass is 9.95. The summed E-state index contributed by atoms with van der Waals surface area (Å²) in [5, 5.41) is 1.13. The molecule has 0 saturated heterocycles. The van der Waals surface area contributed by atoms with Crippen LogP contribution in [0, 0.1) is 0 Å². The number of pyridine rings is 1. The maximum absolute atomic E-state index is 12.8. The Kier molecular flexibility index (Phi) is 4.92. The number of esters is 1. The van der Waals surface area contributed by atoms with Crippen LogP contribution < -0.4 is 0 Å². The van der Waals surface area contributed by atoms with Gasteiger partial charge in [-0.25, -0.2) is 9.78 Å². The molecule has 0 radical (unpaired) electrons. The zero-order chi connectivity index (χ0) is 19.7. The SMILES string of the molecule is CCOC(=O)c1c2c(nc3ccc(Cl)cc13)CCN(C(=O)c1cnccn1)C2. The molecule has 0 fully saturated rings. The van der Waals surface area contributed by atoms with Crippen molar-refractivity contribution in [3.05, 3.63) is 64.3 Å². The highest BCUT2D eigenvalue weighted by molar-refractivity contribution is 6.31. The molecule has 7 nitrogen and oxygen atoms in total. The van der Waals surface area contributed by atoms with Crippen LogP contribution in [0.4, 0.5) is 0 Å². The van der Waals surface area contributed by atoms with Gasteiger partial charge in [0.1, 0.15) is 5.69 Å². The fourth-order valence-electron chi connectivity index (χ4n) is 3.39. The largest absolute Gasteiger partial charge is 0.462 e. The van der Waals surface area contributed by atoms with E-state index in [0.29, 0.717) is 40.0 Å². The van der Waals surface area contributed by atoms with Crippen molar-refractivity contribution in [1.29, 1.82) is 0 Å². The summed E-state index contributed by atoms with van der Waals surface area (Å²) >= 11 is 6.16. The minimum Gasteiger partial charge on any atom is -0.462 e. The second kappa shape index (κ2) is 7.52. The number of hydrogen-bond donors (Lipinski definition) is 0. The van der Waals surface area contributed by atoms with Gasteiger partial charge < -0.3 is 9.64 Å². The molecule has 2 aromatic heterocycles. The smallest absolute Gasteiger partial charge is 0.339 e. The first kappa shape index (κ1) is 18.3. The van der Waals surface area contributed by atoms with E-state index in [2.05, 4.69) is 9.97 Å². The van der Waals surface area contributed by atoms with Crippen molar-refractivity contribution >= 4 is 34.4 Å². The highest BCUT2D eigenvalue weighted by atomic mass is 35.5. The van der Waals surface area contributed by atoms with E-state index in [1.165, 1.54) is 18.6 Å². The van der Waals surface area contributed by atoms with Gasteiger partial charge in [-0.2, -0.15) is 0 Å². The number of rotatable bonds is 3. The lowest BCUT2D eigenvalue weighted by molar-refractivity contribution is 0.0521. The van der Waals surface area contributed by atoms with Gasteiger partial charge in [-0.3, -0.25) is 14.8 Å². The standard InChI is InChI=1S/C20H17ClN4O3/c1-2-28-20(27)18-13-9-12(21)3-4-15(13)24-16-5-8-25(11-14(16)18)19(26)17-10-22-6-7-23-17/h3-4,6-7,9-10H,2,5,8,11H2,1H3. The number of fused-ring (bicyclic) bond motifs is 2. The number of amides is 1.